The Hall–Kier alpha value is -2.30. The van der Waals surface area contributed by atoms with E-state index in [1.807, 2.05) is 33.9 Å². The van der Waals surface area contributed by atoms with Gasteiger partial charge in [-0.05, 0) is 37.7 Å². The van der Waals surface area contributed by atoms with Crippen molar-refractivity contribution in [2.75, 3.05) is 6.54 Å². The molecule has 0 bridgehead atoms. The molecule has 0 aliphatic heterocycles. The normalized spacial score (nSPS) is 15.0. The van der Waals surface area contributed by atoms with Gasteiger partial charge in [-0.1, -0.05) is 30.3 Å². The molecule has 3 rings (SSSR count). The zero-order valence-corrected chi connectivity index (χ0v) is 14.3. The Morgan fingerprint density at radius 2 is 2.17 bits per heavy atom. The van der Waals surface area contributed by atoms with E-state index in [4.69, 9.17) is 0 Å². The Labute approximate surface area is 143 Å². The van der Waals surface area contributed by atoms with Crippen LogP contribution in [0.5, 0.6) is 0 Å². The molecule has 1 aromatic carbocycles. The molecule has 1 atom stereocenters. The van der Waals surface area contributed by atoms with E-state index >= 15 is 0 Å². The fraction of sp³-hybridized carbons (Fsp3) is 0.474. The van der Waals surface area contributed by atoms with Crippen LogP contribution < -0.4 is 5.32 Å². The lowest BCUT2D eigenvalue weighted by Crippen LogP contribution is -2.45. The SMILES string of the molecule is C[C@@H](C1CC1)N(Cc1ccccc1)C(=O)NCCCn1ccnc1. The van der Waals surface area contributed by atoms with Crippen LogP contribution in [0.3, 0.4) is 0 Å². The van der Waals surface area contributed by atoms with Gasteiger partial charge in [0.25, 0.3) is 0 Å². The number of nitrogens with one attached hydrogen (secondary N) is 1. The van der Waals surface area contributed by atoms with Gasteiger partial charge in [0.2, 0.25) is 0 Å². The minimum Gasteiger partial charge on any atom is -0.338 e. The zero-order valence-electron chi connectivity index (χ0n) is 14.3. The molecule has 0 saturated heterocycles. The highest BCUT2D eigenvalue weighted by atomic mass is 16.2. The summed E-state index contributed by atoms with van der Waals surface area (Å²) in [6, 6.07) is 10.6. The summed E-state index contributed by atoms with van der Waals surface area (Å²) in [6.07, 6.45) is 8.90. The van der Waals surface area contributed by atoms with Gasteiger partial charge < -0.3 is 14.8 Å². The number of amides is 2. The number of hydrogen-bond acceptors (Lipinski definition) is 2. The largest absolute Gasteiger partial charge is 0.338 e. The van der Waals surface area contributed by atoms with Gasteiger partial charge in [0.1, 0.15) is 0 Å². The number of imidazole rings is 1. The number of urea groups is 1. The van der Waals surface area contributed by atoms with Crippen LogP contribution in [0.4, 0.5) is 4.79 Å². The van der Waals surface area contributed by atoms with Crippen LogP contribution >= 0.6 is 0 Å². The minimum atomic E-state index is 0.0453. The van der Waals surface area contributed by atoms with Gasteiger partial charge in [-0.25, -0.2) is 9.78 Å². The van der Waals surface area contributed by atoms with Gasteiger partial charge in [0.05, 0.1) is 6.33 Å². The van der Waals surface area contributed by atoms with Crippen molar-refractivity contribution in [3.8, 4) is 0 Å². The molecule has 1 aliphatic carbocycles. The van der Waals surface area contributed by atoms with Crippen LogP contribution in [0.2, 0.25) is 0 Å². The first-order chi connectivity index (χ1) is 11.7. The maximum absolute atomic E-state index is 12.7. The molecule has 1 saturated carbocycles. The zero-order chi connectivity index (χ0) is 16.8. The number of rotatable bonds is 8. The summed E-state index contributed by atoms with van der Waals surface area (Å²) in [7, 11) is 0. The number of nitrogens with zero attached hydrogens (tertiary/aromatic N) is 3. The quantitative estimate of drug-likeness (QED) is 0.757. The van der Waals surface area contributed by atoms with Crippen molar-refractivity contribution in [2.45, 2.75) is 45.3 Å². The Morgan fingerprint density at radius 3 is 2.83 bits per heavy atom. The number of carbonyl (C=O) groups excluding carboxylic acids is 1. The van der Waals surface area contributed by atoms with Gasteiger partial charge in [-0.2, -0.15) is 0 Å². The topological polar surface area (TPSA) is 50.2 Å². The first-order valence-electron chi connectivity index (χ1n) is 8.78. The molecule has 0 unspecified atom stereocenters. The number of hydrogen-bond donors (Lipinski definition) is 1. The monoisotopic (exact) mass is 326 g/mol. The first-order valence-corrected chi connectivity index (χ1v) is 8.78. The van der Waals surface area contributed by atoms with Crippen molar-refractivity contribution in [3.05, 3.63) is 54.6 Å². The van der Waals surface area contributed by atoms with Crippen molar-refractivity contribution in [3.63, 3.8) is 0 Å². The van der Waals surface area contributed by atoms with Gasteiger partial charge in [0.15, 0.2) is 0 Å². The van der Waals surface area contributed by atoms with E-state index in [-0.39, 0.29) is 6.03 Å². The highest BCUT2D eigenvalue weighted by Gasteiger charge is 2.34. The smallest absolute Gasteiger partial charge is 0.317 e. The van der Waals surface area contributed by atoms with Gasteiger partial charge in [0, 0.05) is 38.1 Å². The molecule has 1 N–H and O–H groups in total. The standard InChI is InChI=1S/C19H26N4O/c1-16(18-8-9-18)23(14-17-6-3-2-4-7-17)19(24)21-10-5-12-22-13-11-20-15-22/h2-4,6-7,11,13,15-16,18H,5,8-10,12,14H2,1H3,(H,21,24)/t16-/m0/s1. The molecule has 128 valence electrons. The van der Waals surface area contributed by atoms with E-state index in [1.54, 1.807) is 12.5 Å². The van der Waals surface area contributed by atoms with Crippen molar-refractivity contribution in [1.29, 1.82) is 0 Å². The fourth-order valence-electron chi connectivity index (χ4n) is 2.99. The summed E-state index contributed by atoms with van der Waals surface area (Å²) in [5.41, 5.74) is 1.18. The van der Waals surface area contributed by atoms with Gasteiger partial charge in [-0.15, -0.1) is 0 Å². The summed E-state index contributed by atoms with van der Waals surface area (Å²) in [6.45, 7) is 4.40. The lowest BCUT2D eigenvalue weighted by Gasteiger charge is -2.29. The van der Waals surface area contributed by atoms with Crippen LogP contribution in [0.15, 0.2) is 49.1 Å². The maximum atomic E-state index is 12.7. The molecule has 0 spiro atoms. The molecule has 1 aromatic heterocycles. The van der Waals surface area contributed by atoms with Crippen LogP contribution in [-0.2, 0) is 13.1 Å². The summed E-state index contributed by atoms with van der Waals surface area (Å²) in [4.78, 5) is 18.7. The fourth-order valence-corrected chi connectivity index (χ4v) is 2.99. The molecular weight excluding hydrogens is 300 g/mol. The number of aryl methyl sites for hydroxylation is 1. The van der Waals surface area contributed by atoms with Crippen molar-refractivity contribution >= 4 is 6.03 Å². The van der Waals surface area contributed by atoms with E-state index in [0.29, 0.717) is 25.0 Å². The van der Waals surface area contributed by atoms with E-state index in [1.165, 1.54) is 18.4 Å². The van der Waals surface area contributed by atoms with Crippen molar-refractivity contribution < 1.29 is 4.79 Å². The predicted octanol–water partition coefficient (Wildman–Crippen LogP) is 3.28. The molecule has 2 aromatic rings. The van der Waals surface area contributed by atoms with E-state index < -0.39 is 0 Å². The first kappa shape index (κ1) is 16.6. The molecule has 0 radical (unpaired) electrons. The molecule has 1 fully saturated rings. The second-order valence-corrected chi connectivity index (χ2v) is 6.58. The van der Waals surface area contributed by atoms with E-state index in [9.17, 15) is 4.79 Å². The van der Waals surface area contributed by atoms with Crippen LogP contribution in [0.1, 0.15) is 31.7 Å². The lowest BCUT2D eigenvalue weighted by atomic mass is 10.1. The predicted molar refractivity (Wildman–Crippen MR) is 94.4 cm³/mol. The molecule has 1 heterocycles. The summed E-state index contributed by atoms with van der Waals surface area (Å²) >= 11 is 0. The molecule has 5 nitrogen and oxygen atoms in total. The van der Waals surface area contributed by atoms with Crippen molar-refractivity contribution in [1.82, 2.24) is 19.8 Å². The minimum absolute atomic E-state index is 0.0453. The maximum Gasteiger partial charge on any atom is 0.317 e. The second-order valence-electron chi connectivity index (χ2n) is 6.58. The Kier molecular flexibility index (Phi) is 5.51. The molecule has 1 aliphatic rings. The average Bonchev–Trinajstić information content (AvgIpc) is 3.33. The highest BCUT2D eigenvalue weighted by Crippen LogP contribution is 2.35. The van der Waals surface area contributed by atoms with Crippen LogP contribution in [-0.4, -0.2) is 33.1 Å². The van der Waals surface area contributed by atoms with Gasteiger partial charge >= 0.3 is 6.03 Å². The molecule has 5 heteroatoms. The Bertz CT molecular complexity index is 622. The summed E-state index contributed by atoms with van der Waals surface area (Å²) < 4.78 is 2.03. The Morgan fingerprint density at radius 1 is 1.38 bits per heavy atom. The average molecular weight is 326 g/mol. The number of aromatic nitrogens is 2. The van der Waals surface area contributed by atoms with E-state index in [2.05, 4.69) is 29.4 Å². The number of benzene rings is 1. The summed E-state index contributed by atoms with van der Waals surface area (Å²) in [5, 5.41) is 3.08. The van der Waals surface area contributed by atoms with E-state index in [0.717, 1.165) is 13.0 Å². The molecule has 2 amide bonds. The van der Waals surface area contributed by atoms with Crippen LogP contribution in [0, 0.1) is 5.92 Å². The third-order valence-electron chi connectivity index (χ3n) is 4.68. The lowest BCUT2D eigenvalue weighted by molar-refractivity contribution is 0.167. The second kappa shape index (κ2) is 7.99. The Balaban J connectivity index is 1.52. The van der Waals surface area contributed by atoms with Gasteiger partial charge in [-0.3, -0.25) is 0 Å². The molecule has 24 heavy (non-hydrogen) atoms. The third-order valence-corrected chi connectivity index (χ3v) is 4.68. The number of carbonyl (C=O) groups is 1. The summed E-state index contributed by atoms with van der Waals surface area (Å²) in [5.74, 6) is 0.658. The van der Waals surface area contributed by atoms with Crippen molar-refractivity contribution in [2.24, 2.45) is 5.92 Å². The third kappa shape index (κ3) is 4.60. The van der Waals surface area contributed by atoms with Crippen LogP contribution in [0.25, 0.3) is 0 Å². The molecular formula is C19H26N4O. The highest BCUT2D eigenvalue weighted by molar-refractivity contribution is 5.74.